The summed E-state index contributed by atoms with van der Waals surface area (Å²) in [4.78, 5) is 12.4. The number of nitrogens with one attached hydrogen (secondary N) is 1. The average molecular weight is 343 g/mol. The normalized spacial score (nSPS) is 17.6. The van der Waals surface area contributed by atoms with Crippen molar-refractivity contribution in [3.8, 4) is 5.75 Å². The van der Waals surface area contributed by atoms with Gasteiger partial charge in [-0.05, 0) is 37.5 Å². The summed E-state index contributed by atoms with van der Waals surface area (Å²) >= 11 is 3.41. The molecular weight excluding hydrogens is 324 g/mol. The molecule has 6 heteroatoms. The summed E-state index contributed by atoms with van der Waals surface area (Å²) in [7, 11) is 1.57. The monoisotopic (exact) mass is 342 g/mol. The molecule has 0 atom stereocenters. The van der Waals surface area contributed by atoms with Gasteiger partial charge in [0, 0.05) is 17.7 Å². The number of benzene rings is 1. The molecule has 1 aliphatic rings. The van der Waals surface area contributed by atoms with Gasteiger partial charge in [-0.25, -0.2) is 0 Å². The molecule has 2 rings (SSSR count). The minimum absolute atomic E-state index is 0.190. The van der Waals surface area contributed by atoms with E-state index in [2.05, 4.69) is 21.2 Å². The van der Waals surface area contributed by atoms with Crippen LogP contribution in [0, 0.1) is 6.92 Å². The first-order valence-corrected chi connectivity index (χ1v) is 7.28. The van der Waals surface area contributed by atoms with Crippen LogP contribution in [0.2, 0.25) is 0 Å². The second-order valence-corrected chi connectivity index (χ2v) is 5.94. The van der Waals surface area contributed by atoms with E-state index in [0.717, 1.165) is 10.0 Å². The van der Waals surface area contributed by atoms with Crippen LogP contribution in [-0.2, 0) is 9.53 Å². The molecule has 1 aromatic carbocycles. The summed E-state index contributed by atoms with van der Waals surface area (Å²) in [5.74, 6) is 0.422. The van der Waals surface area contributed by atoms with Crippen molar-refractivity contribution in [2.24, 2.45) is 5.73 Å². The zero-order chi connectivity index (χ0) is 14.8. The van der Waals surface area contributed by atoms with E-state index in [9.17, 15) is 4.79 Å². The lowest BCUT2D eigenvalue weighted by Crippen LogP contribution is -2.54. The Labute approximate surface area is 126 Å². The number of carbonyl (C=O) groups excluding carboxylic acids is 1. The number of ether oxygens (including phenoxy) is 2. The standard InChI is InChI=1S/C14H19BrN2O3/c1-9-7-10(15)8-11(19-2)12(9)17-13(18)14(16)3-5-20-6-4-14/h7-8H,3-6,16H2,1-2H3,(H,17,18). The van der Waals surface area contributed by atoms with Crippen LogP contribution in [0.5, 0.6) is 5.75 Å². The molecule has 3 N–H and O–H groups in total. The van der Waals surface area contributed by atoms with E-state index < -0.39 is 5.54 Å². The van der Waals surface area contributed by atoms with Crippen LogP contribution >= 0.6 is 15.9 Å². The Balaban J connectivity index is 2.23. The smallest absolute Gasteiger partial charge is 0.244 e. The molecule has 0 aromatic heterocycles. The van der Waals surface area contributed by atoms with Gasteiger partial charge in [-0.1, -0.05) is 15.9 Å². The molecule has 110 valence electrons. The first-order chi connectivity index (χ1) is 9.46. The molecule has 0 unspecified atom stereocenters. The van der Waals surface area contributed by atoms with E-state index in [1.165, 1.54) is 0 Å². The van der Waals surface area contributed by atoms with E-state index in [0.29, 0.717) is 37.5 Å². The third kappa shape index (κ3) is 3.13. The van der Waals surface area contributed by atoms with Crippen LogP contribution in [0.1, 0.15) is 18.4 Å². The first kappa shape index (κ1) is 15.3. The Bertz CT molecular complexity index is 513. The van der Waals surface area contributed by atoms with Crippen molar-refractivity contribution in [2.75, 3.05) is 25.6 Å². The topological polar surface area (TPSA) is 73.6 Å². The van der Waals surface area contributed by atoms with E-state index in [-0.39, 0.29) is 5.91 Å². The van der Waals surface area contributed by atoms with Crippen LogP contribution in [0.3, 0.4) is 0 Å². The van der Waals surface area contributed by atoms with Gasteiger partial charge in [-0.15, -0.1) is 0 Å². The third-order valence-electron chi connectivity index (χ3n) is 3.56. The van der Waals surface area contributed by atoms with Gasteiger partial charge < -0.3 is 20.5 Å². The number of amides is 1. The lowest BCUT2D eigenvalue weighted by atomic mass is 9.90. The van der Waals surface area contributed by atoms with Crippen LogP contribution in [0.15, 0.2) is 16.6 Å². The Kier molecular flexibility index (Phi) is 4.67. The molecule has 1 aliphatic heterocycles. The number of aryl methyl sites for hydroxylation is 1. The number of hydrogen-bond acceptors (Lipinski definition) is 4. The Hall–Kier alpha value is -1.11. The number of anilines is 1. The fourth-order valence-electron chi connectivity index (χ4n) is 2.23. The number of carbonyl (C=O) groups is 1. The summed E-state index contributed by atoms with van der Waals surface area (Å²) in [6.07, 6.45) is 1.05. The van der Waals surface area contributed by atoms with Crippen LogP contribution in [-0.4, -0.2) is 31.8 Å². The van der Waals surface area contributed by atoms with Crippen LogP contribution < -0.4 is 15.8 Å². The van der Waals surface area contributed by atoms with Crippen molar-refractivity contribution in [2.45, 2.75) is 25.3 Å². The lowest BCUT2D eigenvalue weighted by molar-refractivity contribution is -0.124. The molecule has 0 spiro atoms. The molecule has 1 fully saturated rings. The second-order valence-electron chi connectivity index (χ2n) is 5.02. The molecule has 20 heavy (non-hydrogen) atoms. The van der Waals surface area contributed by atoms with E-state index >= 15 is 0 Å². The zero-order valence-electron chi connectivity index (χ0n) is 11.7. The molecule has 0 bridgehead atoms. The zero-order valence-corrected chi connectivity index (χ0v) is 13.2. The highest BCUT2D eigenvalue weighted by molar-refractivity contribution is 9.10. The predicted molar refractivity (Wildman–Crippen MR) is 81.0 cm³/mol. The maximum atomic E-state index is 12.4. The molecule has 1 aromatic rings. The molecule has 0 radical (unpaired) electrons. The quantitative estimate of drug-likeness (QED) is 0.883. The number of rotatable bonds is 3. The molecule has 0 saturated carbocycles. The fourth-order valence-corrected chi connectivity index (χ4v) is 2.79. The van der Waals surface area contributed by atoms with Gasteiger partial charge in [0.1, 0.15) is 11.3 Å². The van der Waals surface area contributed by atoms with Gasteiger partial charge >= 0.3 is 0 Å². The van der Waals surface area contributed by atoms with Crippen molar-refractivity contribution in [1.82, 2.24) is 0 Å². The van der Waals surface area contributed by atoms with Gasteiger partial charge in [-0.3, -0.25) is 4.79 Å². The first-order valence-electron chi connectivity index (χ1n) is 6.48. The summed E-state index contributed by atoms with van der Waals surface area (Å²) in [5, 5.41) is 2.90. The number of hydrogen-bond donors (Lipinski definition) is 2. The summed E-state index contributed by atoms with van der Waals surface area (Å²) in [6, 6.07) is 3.74. The highest BCUT2D eigenvalue weighted by Gasteiger charge is 2.36. The second kappa shape index (κ2) is 6.11. The molecule has 0 aliphatic carbocycles. The lowest BCUT2D eigenvalue weighted by Gasteiger charge is -2.32. The van der Waals surface area contributed by atoms with Gasteiger partial charge in [0.15, 0.2) is 0 Å². The van der Waals surface area contributed by atoms with E-state index in [1.807, 2.05) is 19.1 Å². The van der Waals surface area contributed by atoms with Gasteiger partial charge in [-0.2, -0.15) is 0 Å². The summed E-state index contributed by atoms with van der Waals surface area (Å²) in [6.45, 7) is 2.94. The van der Waals surface area contributed by atoms with Crippen molar-refractivity contribution < 1.29 is 14.3 Å². The summed E-state index contributed by atoms with van der Waals surface area (Å²) in [5.41, 5.74) is 6.89. The third-order valence-corrected chi connectivity index (χ3v) is 4.02. The van der Waals surface area contributed by atoms with Crippen LogP contribution in [0.4, 0.5) is 5.69 Å². The van der Waals surface area contributed by atoms with Crippen molar-refractivity contribution in [3.63, 3.8) is 0 Å². The number of methoxy groups -OCH3 is 1. The summed E-state index contributed by atoms with van der Waals surface area (Å²) < 4.78 is 11.5. The largest absolute Gasteiger partial charge is 0.495 e. The Morgan fingerprint density at radius 3 is 2.70 bits per heavy atom. The molecule has 1 saturated heterocycles. The number of nitrogens with two attached hydrogens (primary N) is 1. The van der Waals surface area contributed by atoms with Crippen molar-refractivity contribution >= 4 is 27.5 Å². The van der Waals surface area contributed by atoms with Crippen LogP contribution in [0.25, 0.3) is 0 Å². The fraction of sp³-hybridized carbons (Fsp3) is 0.500. The maximum absolute atomic E-state index is 12.4. The molecule has 1 amide bonds. The average Bonchev–Trinajstić information content (AvgIpc) is 2.42. The molecule has 5 nitrogen and oxygen atoms in total. The molecular formula is C14H19BrN2O3. The minimum atomic E-state index is -0.872. The minimum Gasteiger partial charge on any atom is -0.495 e. The van der Waals surface area contributed by atoms with Crippen molar-refractivity contribution in [1.29, 1.82) is 0 Å². The maximum Gasteiger partial charge on any atom is 0.244 e. The number of halogens is 1. The van der Waals surface area contributed by atoms with Gasteiger partial charge in [0.2, 0.25) is 5.91 Å². The van der Waals surface area contributed by atoms with Gasteiger partial charge in [0.25, 0.3) is 0 Å². The highest BCUT2D eigenvalue weighted by Crippen LogP contribution is 2.33. The SMILES string of the molecule is COc1cc(Br)cc(C)c1NC(=O)C1(N)CCOCC1. The molecule has 1 heterocycles. The van der Waals surface area contributed by atoms with Gasteiger partial charge in [0.05, 0.1) is 12.8 Å². The van der Waals surface area contributed by atoms with E-state index in [4.69, 9.17) is 15.2 Å². The predicted octanol–water partition coefficient (Wildman–Crippen LogP) is 2.21. The van der Waals surface area contributed by atoms with E-state index in [1.54, 1.807) is 7.11 Å². The Morgan fingerprint density at radius 2 is 2.10 bits per heavy atom. The van der Waals surface area contributed by atoms with Crippen molar-refractivity contribution in [3.05, 3.63) is 22.2 Å². The Morgan fingerprint density at radius 1 is 1.45 bits per heavy atom. The highest BCUT2D eigenvalue weighted by atomic mass is 79.9.